The van der Waals surface area contributed by atoms with Crippen molar-refractivity contribution < 1.29 is 5.11 Å². The van der Waals surface area contributed by atoms with Crippen LogP contribution in [0, 0.1) is 26.7 Å². The fourth-order valence-corrected chi connectivity index (χ4v) is 2.56. The van der Waals surface area contributed by atoms with E-state index in [-0.39, 0.29) is 6.61 Å². The Morgan fingerprint density at radius 3 is 2.63 bits per heavy atom. The van der Waals surface area contributed by atoms with Crippen molar-refractivity contribution in [2.75, 3.05) is 6.61 Å². The summed E-state index contributed by atoms with van der Waals surface area (Å²) in [6, 6.07) is 4.08. The summed E-state index contributed by atoms with van der Waals surface area (Å²) < 4.78 is 1.85. The number of pyridine rings is 1. The van der Waals surface area contributed by atoms with Gasteiger partial charge < -0.3 is 5.11 Å². The number of aliphatic hydroxyl groups excluding tert-OH is 1. The van der Waals surface area contributed by atoms with Gasteiger partial charge in [0.2, 0.25) is 0 Å². The molecule has 1 saturated carbocycles. The van der Waals surface area contributed by atoms with E-state index in [1.807, 2.05) is 31.5 Å². The summed E-state index contributed by atoms with van der Waals surface area (Å²) in [5, 5.41) is 13.6. The van der Waals surface area contributed by atoms with Gasteiger partial charge in [-0.15, -0.1) is 0 Å². The molecule has 0 spiro atoms. The number of nitrogens with zero attached hydrogens (tertiary/aromatic N) is 4. The molecular weight excluding hydrogens is 240 g/mol. The van der Waals surface area contributed by atoms with Crippen LogP contribution in [-0.4, -0.2) is 31.5 Å². The Morgan fingerprint density at radius 1 is 1.26 bits per heavy atom. The third-order valence-electron chi connectivity index (χ3n) is 3.61. The largest absolute Gasteiger partial charge is 0.396 e. The van der Waals surface area contributed by atoms with E-state index in [2.05, 4.69) is 21.1 Å². The molecule has 0 aliphatic heterocycles. The maximum Gasteiger partial charge on any atom is 0.148 e. The molecule has 2 heterocycles. The van der Waals surface area contributed by atoms with Crippen LogP contribution in [0.15, 0.2) is 12.1 Å². The van der Waals surface area contributed by atoms with Gasteiger partial charge in [0.25, 0.3) is 0 Å². The van der Waals surface area contributed by atoms with Gasteiger partial charge in [0.1, 0.15) is 11.6 Å². The van der Waals surface area contributed by atoms with Crippen LogP contribution in [0.4, 0.5) is 0 Å². The van der Waals surface area contributed by atoms with E-state index >= 15 is 0 Å². The fraction of sp³-hybridized carbons (Fsp3) is 0.500. The van der Waals surface area contributed by atoms with E-state index in [0.717, 1.165) is 35.1 Å². The zero-order valence-corrected chi connectivity index (χ0v) is 11.5. The van der Waals surface area contributed by atoms with Crippen LogP contribution in [0.3, 0.4) is 0 Å². The number of rotatable bonds is 3. The lowest BCUT2D eigenvalue weighted by molar-refractivity contribution is 0.273. The molecule has 1 aliphatic rings. The maximum absolute atomic E-state index is 9.19. The summed E-state index contributed by atoms with van der Waals surface area (Å²) in [6.45, 7) is 6.07. The van der Waals surface area contributed by atoms with Gasteiger partial charge in [-0.2, -0.15) is 5.10 Å². The average Bonchev–Trinajstić information content (AvgIpc) is 3.07. The van der Waals surface area contributed by atoms with Crippen LogP contribution < -0.4 is 0 Å². The topological polar surface area (TPSA) is 63.8 Å². The van der Waals surface area contributed by atoms with Gasteiger partial charge in [0, 0.05) is 23.9 Å². The van der Waals surface area contributed by atoms with Crippen LogP contribution in [-0.2, 0) is 0 Å². The van der Waals surface area contributed by atoms with Gasteiger partial charge in [-0.25, -0.2) is 9.67 Å². The van der Waals surface area contributed by atoms with Crippen molar-refractivity contribution in [2.45, 2.75) is 33.1 Å². The normalized spacial score (nSPS) is 21.7. The molecular formula is C14H18N4O. The molecule has 3 rings (SSSR count). The summed E-state index contributed by atoms with van der Waals surface area (Å²) in [6.07, 6.45) is 1.03. The Hall–Kier alpha value is -1.75. The van der Waals surface area contributed by atoms with Gasteiger partial charge >= 0.3 is 0 Å². The second-order valence-electron chi connectivity index (χ2n) is 5.29. The third-order valence-corrected chi connectivity index (χ3v) is 3.61. The first-order chi connectivity index (χ1) is 9.08. The number of hydrogen-bond donors (Lipinski definition) is 1. The zero-order chi connectivity index (χ0) is 13.6. The summed E-state index contributed by atoms with van der Waals surface area (Å²) in [4.78, 5) is 8.91. The monoisotopic (exact) mass is 258 g/mol. The lowest BCUT2D eigenvalue weighted by atomic mass is 10.2. The highest BCUT2D eigenvalue weighted by molar-refractivity contribution is 5.37. The Balaban J connectivity index is 2.01. The van der Waals surface area contributed by atoms with E-state index in [1.165, 1.54) is 0 Å². The minimum absolute atomic E-state index is 0.247. The molecule has 0 amide bonds. The molecule has 0 unspecified atom stereocenters. The first-order valence-electron chi connectivity index (χ1n) is 6.58. The van der Waals surface area contributed by atoms with Crippen LogP contribution in [0.5, 0.6) is 0 Å². The molecule has 0 bridgehead atoms. The van der Waals surface area contributed by atoms with E-state index in [1.54, 1.807) is 0 Å². The lowest BCUT2D eigenvalue weighted by Gasteiger charge is -2.07. The average molecular weight is 258 g/mol. The molecule has 2 atom stereocenters. The first kappa shape index (κ1) is 12.3. The second kappa shape index (κ2) is 4.42. The highest BCUT2D eigenvalue weighted by Crippen LogP contribution is 2.46. The molecule has 1 N–H and O–H groups in total. The van der Waals surface area contributed by atoms with Crippen molar-refractivity contribution in [3.63, 3.8) is 0 Å². The van der Waals surface area contributed by atoms with Crippen molar-refractivity contribution in [1.82, 2.24) is 19.7 Å². The molecule has 1 aliphatic carbocycles. The van der Waals surface area contributed by atoms with E-state index in [0.29, 0.717) is 11.8 Å². The van der Waals surface area contributed by atoms with E-state index in [9.17, 15) is 5.11 Å². The predicted octanol–water partition coefficient (Wildman–Crippen LogP) is 1.68. The molecule has 2 aromatic rings. The Bertz CT molecular complexity index is 620. The highest BCUT2D eigenvalue weighted by atomic mass is 16.3. The minimum Gasteiger partial charge on any atom is -0.396 e. The summed E-state index contributed by atoms with van der Waals surface area (Å²) in [5.41, 5.74) is 3.04. The quantitative estimate of drug-likeness (QED) is 0.909. The zero-order valence-electron chi connectivity index (χ0n) is 11.5. The summed E-state index contributed by atoms with van der Waals surface area (Å²) in [5.74, 6) is 2.42. The Morgan fingerprint density at radius 2 is 2.05 bits per heavy atom. The van der Waals surface area contributed by atoms with Crippen LogP contribution in [0.1, 0.15) is 35.4 Å². The van der Waals surface area contributed by atoms with Crippen molar-refractivity contribution in [2.24, 2.45) is 5.92 Å². The second-order valence-corrected chi connectivity index (χ2v) is 5.29. The van der Waals surface area contributed by atoms with Gasteiger partial charge in [0.15, 0.2) is 0 Å². The summed E-state index contributed by atoms with van der Waals surface area (Å²) >= 11 is 0. The molecule has 100 valence electrons. The molecule has 2 aromatic heterocycles. The van der Waals surface area contributed by atoms with E-state index in [4.69, 9.17) is 0 Å². The molecule has 0 aromatic carbocycles. The van der Waals surface area contributed by atoms with Crippen molar-refractivity contribution in [3.05, 3.63) is 35.2 Å². The number of aliphatic hydroxyl groups is 1. The van der Waals surface area contributed by atoms with Gasteiger partial charge in [-0.3, -0.25) is 4.98 Å². The molecule has 1 fully saturated rings. The van der Waals surface area contributed by atoms with Crippen LogP contribution >= 0.6 is 0 Å². The van der Waals surface area contributed by atoms with Crippen LogP contribution in [0.25, 0.3) is 5.69 Å². The van der Waals surface area contributed by atoms with E-state index < -0.39 is 0 Å². The van der Waals surface area contributed by atoms with Crippen molar-refractivity contribution >= 4 is 0 Å². The Kier molecular flexibility index (Phi) is 2.86. The van der Waals surface area contributed by atoms with Crippen molar-refractivity contribution in [1.29, 1.82) is 0 Å². The molecule has 5 nitrogen and oxygen atoms in total. The lowest BCUT2D eigenvalue weighted by Crippen LogP contribution is -2.03. The SMILES string of the molecule is Cc1cc(-n2nc(C)nc2C)cc([C@H]2C[C@@H]2CO)n1. The van der Waals surface area contributed by atoms with Crippen LogP contribution in [0.2, 0.25) is 0 Å². The minimum atomic E-state index is 0.247. The standard InChI is InChI=1S/C14H18N4O/c1-8-4-12(18-10(3)16-9(2)17-18)6-14(15-8)13-5-11(13)7-19/h4,6,11,13,19H,5,7H2,1-3H3/t11-,13+/m1/s1. The molecule has 5 heteroatoms. The smallest absolute Gasteiger partial charge is 0.148 e. The highest BCUT2D eigenvalue weighted by Gasteiger charge is 2.39. The molecule has 19 heavy (non-hydrogen) atoms. The fourth-order valence-electron chi connectivity index (χ4n) is 2.56. The predicted molar refractivity (Wildman–Crippen MR) is 71.3 cm³/mol. The molecule has 0 saturated heterocycles. The number of aromatic nitrogens is 4. The first-order valence-corrected chi connectivity index (χ1v) is 6.58. The maximum atomic E-state index is 9.19. The van der Waals surface area contributed by atoms with Gasteiger partial charge in [-0.05, 0) is 45.2 Å². The third kappa shape index (κ3) is 2.26. The summed E-state index contributed by atoms with van der Waals surface area (Å²) in [7, 11) is 0. The number of hydrogen-bond acceptors (Lipinski definition) is 4. The van der Waals surface area contributed by atoms with Gasteiger partial charge in [-0.1, -0.05) is 0 Å². The van der Waals surface area contributed by atoms with Gasteiger partial charge in [0.05, 0.1) is 5.69 Å². The number of aryl methyl sites for hydroxylation is 3. The van der Waals surface area contributed by atoms with Crippen molar-refractivity contribution in [3.8, 4) is 5.69 Å². The molecule has 0 radical (unpaired) electrons. The Labute approximate surface area is 112 Å².